The molecule has 1 amide bonds. The van der Waals surface area contributed by atoms with Gasteiger partial charge in [0.2, 0.25) is 5.43 Å². The van der Waals surface area contributed by atoms with E-state index in [-0.39, 0.29) is 5.56 Å². The minimum absolute atomic E-state index is 0.0953. The van der Waals surface area contributed by atoms with Crippen molar-refractivity contribution in [1.29, 1.82) is 0 Å². The Morgan fingerprint density at radius 1 is 1.14 bits per heavy atom. The van der Waals surface area contributed by atoms with Crippen LogP contribution in [0.4, 0.5) is 0 Å². The molecule has 2 aromatic heterocycles. The molecule has 0 saturated carbocycles. The van der Waals surface area contributed by atoms with Crippen LogP contribution in [0.15, 0.2) is 56.9 Å². The predicted molar refractivity (Wildman–Crippen MR) is 104 cm³/mol. The Balaban J connectivity index is 1.64. The second kappa shape index (κ2) is 6.35. The SMILES string of the molecule is Cn1c(=NC(=O)c2coc3ccccc3c2=O)sc2cc3c(cc21)OCCO3. The van der Waals surface area contributed by atoms with Crippen molar-refractivity contribution >= 4 is 38.4 Å². The van der Waals surface area contributed by atoms with Gasteiger partial charge in [0.15, 0.2) is 16.3 Å². The molecule has 0 atom stereocenters. The van der Waals surface area contributed by atoms with Crippen LogP contribution in [0.5, 0.6) is 11.5 Å². The van der Waals surface area contributed by atoms with Crippen molar-refractivity contribution in [1.82, 2.24) is 4.57 Å². The van der Waals surface area contributed by atoms with Crippen molar-refractivity contribution in [2.24, 2.45) is 12.0 Å². The molecule has 8 heteroatoms. The van der Waals surface area contributed by atoms with Crippen molar-refractivity contribution < 1.29 is 18.7 Å². The maximum Gasteiger partial charge on any atom is 0.286 e. The molecule has 2 aromatic carbocycles. The van der Waals surface area contributed by atoms with Gasteiger partial charge in [-0.25, -0.2) is 0 Å². The second-order valence-corrected chi connectivity index (χ2v) is 7.31. The van der Waals surface area contributed by atoms with E-state index < -0.39 is 11.3 Å². The molecule has 0 radical (unpaired) electrons. The van der Waals surface area contributed by atoms with Crippen LogP contribution >= 0.6 is 11.3 Å². The number of hydrogen-bond donors (Lipinski definition) is 0. The van der Waals surface area contributed by atoms with Crippen LogP contribution < -0.4 is 19.7 Å². The number of carbonyl (C=O) groups is 1. The van der Waals surface area contributed by atoms with Crippen molar-refractivity contribution in [3.05, 3.63) is 63.2 Å². The number of hydrogen-bond acceptors (Lipinski definition) is 6. The van der Waals surface area contributed by atoms with Gasteiger partial charge in [-0.2, -0.15) is 4.99 Å². The van der Waals surface area contributed by atoms with Crippen LogP contribution in [0.25, 0.3) is 21.2 Å². The Bertz CT molecular complexity index is 1380. The number of ether oxygens (including phenoxy) is 2. The third-order valence-corrected chi connectivity index (χ3v) is 5.68. The van der Waals surface area contributed by atoms with E-state index >= 15 is 0 Å². The molecule has 0 saturated heterocycles. The molecule has 7 nitrogen and oxygen atoms in total. The average molecular weight is 394 g/mol. The minimum Gasteiger partial charge on any atom is -0.486 e. The van der Waals surface area contributed by atoms with E-state index in [0.29, 0.717) is 40.5 Å². The monoisotopic (exact) mass is 394 g/mol. The Hall–Kier alpha value is -3.39. The maximum absolute atomic E-state index is 12.7. The Morgan fingerprint density at radius 2 is 1.89 bits per heavy atom. The zero-order valence-corrected chi connectivity index (χ0v) is 15.6. The van der Waals surface area contributed by atoms with Crippen molar-refractivity contribution in [2.75, 3.05) is 13.2 Å². The number of aromatic nitrogens is 1. The summed E-state index contributed by atoms with van der Waals surface area (Å²) in [6.45, 7) is 1.00. The molecular weight excluding hydrogens is 380 g/mol. The molecular formula is C20H14N2O5S. The average Bonchev–Trinajstić information content (AvgIpc) is 3.01. The van der Waals surface area contributed by atoms with Gasteiger partial charge < -0.3 is 18.5 Å². The summed E-state index contributed by atoms with van der Waals surface area (Å²) < 4.78 is 19.3. The number of rotatable bonds is 1. The number of amides is 1. The summed E-state index contributed by atoms with van der Waals surface area (Å²) in [5, 5.41) is 0.353. The summed E-state index contributed by atoms with van der Waals surface area (Å²) >= 11 is 1.34. The zero-order chi connectivity index (χ0) is 19.3. The third-order valence-electron chi connectivity index (χ3n) is 4.58. The fourth-order valence-corrected chi connectivity index (χ4v) is 4.17. The van der Waals surface area contributed by atoms with E-state index in [1.54, 1.807) is 28.8 Å². The normalized spacial score (nSPS) is 14.0. The fraction of sp³-hybridized carbons (Fsp3) is 0.150. The highest BCUT2D eigenvalue weighted by Crippen LogP contribution is 2.35. The van der Waals surface area contributed by atoms with Gasteiger partial charge in [-0.15, -0.1) is 0 Å². The summed E-state index contributed by atoms with van der Waals surface area (Å²) in [7, 11) is 1.81. The lowest BCUT2D eigenvalue weighted by atomic mass is 10.2. The van der Waals surface area contributed by atoms with E-state index in [0.717, 1.165) is 10.2 Å². The first-order valence-corrected chi connectivity index (χ1v) is 9.42. The molecule has 0 fully saturated rings. The van der Waals surface area contributed by atoms with Gasteiger partial charge in [0.25, 0.3) is 5.91 Å². The molecule has 1 aliphatic heterocycles. The van der Waals surface area contributed by atoms with E-state index in [2.05, 4.69) is 4.99 Å². The Labute approximate surface area is 162 Å². The molecule has 0 unspecified atom stereocenters. The number of carbonyl (C=O) groups excluding carboxylic acids is 1. The summed E-state index contributed by atoms with van der Waals surface area (Å²) in [5.74, 6) is 0.702. The number of fused-ring (bicyclic) bond motifs is 3. The second-order valence-electron chi connectivity index (χ2n) is 6.30. The lowest BCUT2D eigenvalue weighted by Gasteiger charge is -2.18. The lowest BCUT2D eigenvalue weighted by molar-refractivity contribution is 0.0995. The molecule has 3 heterocycles. The summed E-state index contributed by atoms with van der Waals surface area (Å²) in [5.41, 5.74) is 0.812. The van der Waals surface area contributed by atoms with E-state index in [9.17, 15) is 9.59 Å². The van der Waals surface area contributed by atoms with Gasteiger partial charge in [-0.1, -0.05) is 23.5 Å². The number of benzene rings is 2. The highest BCUT2D eigenvalue weighted by Gasteiger charge is 2.17. The van der Waals surface area contributed by atoms with Crippen molar-refractivity contribution in [3.63, 3.8) is 0 Å². The molecule has 140 valence electrons. The van der Waals surface area contributed by atoms with Gasteiger partial charge in [0.1, 0.15) is 30.6 Å². The highest BCUT2D eigenvalue weighted by atomic mass is 32.1. The standard InChI is InChI=1S/C20H14N2O5S/c1-22-13-8-15-16(26-7-6-25-15)9-17(13)28-20(22)21-19(24)12-10-27-14-5-3-2-4-11(14)18(12)23/h2-5,8-10H,6-7H2,1H3. The Kier molecular flexibility index (Phi) is 3.80. The number of para-hydroxylation sites is 1. The zero-order valence-electron chi connectivity index (χ0n) is 14.8. The Morgan fingerprint density at radius 3 is 2.71 bits per heavy atom. The smallest absolute Gasteiger partial charge is 0.286 e. The molecule has 28 heavy (non-hydrogen) atoms. The maximum atomic E-state index is 12.7. The summed E-state index contributed by atoms with van der Waals surface area (Å²) in [6.07, 6.45) is 1.17. The van der Waals surface area contributed by atoms with Crippen molar-refractivity contribution in [2.45, 2.75) is 0 Å². The van der Waals surface area contributed by atoms with Crippen LogP contribution in [0.2, 0.25) is 0 Å². The lowest BCUT2D eigenvalue weighted by Crippen LogP contribution is -2.18. The topological polar surface area (TPSA) is 83.0 Å². The largest absolute Gasteiger partial charge is 0.486 e. The van der Waals surface area contributed by atoms with Crippen LogP contribution in [-0.4, -0.2) is 23.7 Å². The number of aryl methyl sites for hydroxylation is 1. The predicted octanol–water partition coefficient (Wildman–Crippen LogP) is 2.86. The molecule has 5 rings (SSSR count). The summed E-state index contributed by atoms with van der Waals surface area (Å²) in [6, 6.07) is 10.5. The molecule has 0 spiro atoms. The summed E-state index contributed by atoms with van der Waals surface area (Å²) in [4.78, 5) is 29.9. The van der Waals surface area contributed by atoms with Crippen molar-refractivity contribution in [3.8, 4) is 11.5 Å². The van der Waals surface area contributed by atoms with Gasteiger partial charge in [0.05, 0.1) is 15.6 Å². The van der Waals surface area contributed by atoms with Crippen LogP contribution in [0.1, 0.15) is 10.4 Å². The molecule has 1 aliphatic rings. The van der Waals surface area contributed by atoms with Crippen LogP contribution in [0.3, 0.4) is 0 Å². The van der Waals surface area contributed by atoms with Gasteiger partial charge in [-0.3, -0.25) is 9.59 Å². The first kappa shape index (κ1) is 16.8. The highest BCUT2D eigenvalue weighted by molar-refractivity contribution is 7.16. The van der Waals surface area contributed by atoms with Gasteiger partial charge in [-0.05, 0) is 12.1 Å². The molecule has 0 aliphatic carbocycles. The van der Waals surface area contributed by atoms with E-state index in [4.69, 9.17) is 13.9 Å². The minimum atomic E-state index is -0.640. The fourth-order valence-electron chi connectivity index (χ4n) is 3.14. The number of nitrogens with zero attached hydrogens (tertiary/aromatic N) is 2. The first-order chi connectivity index (χ1) is 13.6. The molecule has 0 N–H and O–H groups in total. The van der Waals surface area contributed by atoms with E-state index in [1.807, 2.05) is 19.2 Å². The number of thiazole rings is 1. The van der Waals surface area contributed by atoms with E-state index in [1.165, 1.54) is 17.6 Å². The quantitative estimate of drug-likeness (QED) is 0.496. The molecule has 4 aromatic rings. The third kappa shape index (κ3) is 2.61. The van der Waals surface area contributed by atoms with Gasteiger partial charge >= 0.3 is 0 Å². The first-order valence-electron chi connectivity index (χ1n) is 8.60. The van der Waals surface area contributed by atoms with Crippen LogP contribution in [0, 0.1) is 0 Å². The van der Waals surface area contributed by atoms with Gasteiger partial charge in [0, 0.05) is 19.2 Å². The van der Waals surface area contributed by atoms with Crippen LogP contribution in [-0.2, 0) is 7.05 Å². The molecule has 0 bridgehead atoms.